The van der Waals surface area contributed by atoms with Crippen molar-refractivity contribution in [2.75, 3.05) is 14.1 Å². The first-order chi connectivity index (χ1) is 12.3. The van der Waals surface area contributed by atoms with E-state index >= 15 is 0 Å². The zero-order valence-electron chi connectivity index (χ0n) is 14.0. The number of nitrogens with zero attached hydrogens (tertiary/aromatic N) is 4. The second kappa shape index (κ2) is 7.02. The molecule has 2 heterocycles. The zero-order valence-corrected chi connectivity index (χ0v) is 15.6. The normalized spacial score (nSPS) is 11.8. The maximum absolute atomic E-state index is 12.5. The van der Waals surface area contributed by atoms with E-state index in [1.165, 1.54) is 32.3 Å². The molecule has 8 nitrogen and oxygen atoms in total. The van der Waals surface area contributed by atoms with Gasteiger partial charge in [0.1, 0.15) is 0 Å². The van der Waals surface area contributed by atoms with Crippen molar-refractivity contribution >= 4 is 33.2 Å². The minimum Gasteiger partial charge on any atom is -0.345 e. The van der Waals surface area contributed by atoms with E-state index < -0.39 is 15.9 Å². The molecule has 1 N–H and O–H groups in total. The SMILES string of the molecule is CN(C)S(=O)(=O)c1ccc(Cl)c(C(=O)NCc2nnc3ccccn23)c1. The van der Waals surface area contributed by atoms with Crippen molar-refractivity contribution in [3.63, 3.8) is 0 Å². The fourth-order valence-corrected chi connectivity index (χ4v) is 3.45. The van der Waals surface area contributed by atoms with Gasteiger partial charge in [-0.1, -0.05) is 17.7 Å². The van der Waals surface area contributed by atoms with Crippen molar-refractivity contribution < 1.29 is 13.2 Å². The molecule has 0 bridgehead atoms. The third-order valence-corrected chi connectivity index (χ3v) is 5.89. The molecule has 1 amide bonds. The number of halogens is 1. The lowest BCUT2D eigenvalue weighted by Gasteiger charge is -2.13. The molecule has 0 saturated carbocycles. The Morgan fingerprint density at radius 3 is 2.73 bits per heavy atom. The Bertz CT molecular complexity index is 1080. The standard InChI is InChI=1S/C16H16ClN5O3S/c1-21(2)26(24,25)11-6-7-13(17)12(9-11)16(23)18-10-15-20-19-14-5-3-4-8-22(14)15/h3-9H,10H2,1-2H3,(H,18,23). The van der Waals surface area contributed by atoms with E-state index in [9.17, 15) is 13.2 Å². The molecule has 0 spiro atoms. The van der Waals surface area contributed by atoms with Gasteiger partial charge in [0.05, 0.1) is 22.0 Å². The van der Waals surface area contributed by atoms with Crippen molar-refractivity contribution in [3.05, 3.63) is 59.0 Å². The molecule has 0 saturated heterocycles. The van der Waals surface area contributed by atoms with Crippen molar-refractivity contribution in [2.24, 2.45) is 0 Å². The number of benzene rings is 1. The molecule has 10 heteroatoms. The van der Waals surface area contributed by atoms with Crippen LogP contribution in [0.2, 0.25) is 5.02 Å². The van der Waals surface area contributed by atoms with Gasteiger partial charge in [0.25, 0.3) is 5.91 Å². The molecular formula is C16H16ClN5O3S. The monoisotopic (exact) mass is 393 g/mol. The Hall–Kier alpha value is -2.49. The summed E-state index contributed by atoms with van der Waals surface area (Å²) in [6.45, 7) is 0.116. The lowest BCUT2D eigenvalue weighted by Crippen LogP contribution is -2.26. The maximum Gasteiger partial charge on any atom is 0.253 e. The predicted molar refractivity (Wildman–Crippen MR) is 96.5 cm³/mol. The number of sulfonamides is 1. The predicted octanol–water partition coefficient (Wildman–Crippen LogP) is 1.56. The molecule has 136 valence electrons. The van der Waals surface area contributed by atoms with Crippen LogP contribution in [0.5, 0.6) is 0 Å². The zero-order chi connectivity index (χ0) is 18.9. The number of carbonyl (C=O) groups is 1. The fraction of sp³-hybridized carbons (Fsp3) is 0.188. The lowest BCUT2D eigenvalue weighted by atomic mass is 10.2. The first kappa shape index (κ1) is 18.3. The Morgan fingerprint density at radius 1 is 1.23 bits per heavy atom. The third kappa shape index (κ3) is 3.41. The first-order valence-electron chi connectivity index (χ1n) is 7.59. The van der Waals surface area contributed by atoms with Crippen LogP contribution in [0.4, 0.5) is 0 Å². The highest BCUT2D eigenvalue weighted by atomic mass is 35.5. The number of carbonyl (C=O) groups excluding carboxylic acids is 1. The minimum atomic E-state index is -3.67. The number of rotatable bonds is 5. The topological polar surface area (TPSA) is 96.7 Å². The van der Waals surface area contributed by atoms with Crippen LogP contribution in [0.15, 0.2) is 47.5 Å². The lowest BCUT2D eigenvalue weighted by molar-refractivity contribution is 0.0949. The van der Waals surface area contributed by atoms with Crippen molar-refractivity contribution in [2.45, 2.75) is 11.4 Å². The molecule has 26 heavy (non-hydrogen) atoms. The highest BCUT2D eigenvalue weighted by molar-refractivity contribution is 7.89. The molecule has 0 fully saturated rings. The number of aromatic nitrogens is 3. The Labute approximate surface area is 155 Å². The largest absolute Gasteiger partial charge is 0.345 e. The van der Waals surface area contributed by atoms with E-state index in [2.05, 4.69) is 15.5 Å². The van der Waals surface area contributed by atoms with Crippen LogP contribution in [-0.4, -0.2) is 47.3 Å². The molecule has 1 aromatic carbocycles. The van der Waals surface area contributed by atoms with Gasteiger partial charge in [-0.15, -0.1) is 10.2 Å². The van der Waals surface area contributed by atoms with Gasteiger partial charge < -0.3 is 5.32 Å². The second-order valence-corrected chi connectivity index (χ2v) is 8.22. The summed E-state index contributed by atoms with van der Waals surface area (Å²) in [5.74, 6) is 0.0422. The van der Waals surface area contributed by atoms with Gasteiger partial charge in [-0.25, -0.2) is 12.7 Å². The summed E-state index contributed by atoms with van der Waals surface area (Å²) < 4.78 is 27.3. The van der Waals surface area contributed by atoms with Crippen LogP contribution >= 0.6 is 11.6 Å². The quantitative estimate of drug-likeness (QED) is 0.709. The van der Waals surface area contributed by atoms with Crippen molar-refractivity contribution in [3.8, 4) is 0 Å². The van der Waals surface area contributed by atoms with Crippen LogP contribution < -0.4 is 5.32 Å². The smallest absolute Gasteiger partial charge is 0.253 e. The highest BCUT2D eigenvalue weighted by Gasteiger charge is 2.21. The number of amides is 1. The molecule has 0 unspecified atom stereocenters. The van der Waals surface area contributed by atoms with Gasteiger partial charge in [0.15, 0.2) is 11.5 Å². The van der Waals surface area contributed by atoms with Gasteiger partial charge in [0, 0.05) is 20.3 Å². The highest BCUT2D eigenvalue weighted by Crippen LogP contribution is 2.22. The average molecular weight is 394 g/mol. The average Bonchev–Trinajstić information content (AvgIpc) is 3.03. The number of nitrogens with one attached hydrogen (secondary N) is 1. The van der Waals surface area contributed by atoms with Crippen LogP contribution in [-0.2, 0) is 16.6 Å². The molecule has 0 aliphatic heterocycles. The minimum absolute atomic E-state index is 0.00928. The Morgan fingerprint density at radius 2 is 2.00 bits per heavy atom. The third-order valence-electron chi connectivity index (χ3n) is 3.75. The van der Waals surface area contributed by atoms with E-state index in [0.717, 1.165) is 4.31 Å². The Kier molecular flexibility index (Phi) is 4.94. The van der Waals surface area contributed by atoms with Gasteiger partial charge in [-0.05, 0) is 30.3 Å². The van der Waals surface area contributed by atoms with Gasteiger partial charge in [-0.3, -0.25) is 9.20 Å². The number of fused-ring (bicyclic) bond motifs is 1. The van der Waals surface area contributed by atoms with E-state index in [0.29, 0.717) is 11.5 Å². The number of pyridine rings is 1. The summed E-state index contributed by atoms with van der Waals surface area (Å²) in [5, 5.41) is 10.9. The molecule has 3 rings (SSSR count). The second-order valence-electron chi connectivity index (χ2n) is 5.66. The van der Waals surface area contributed by atoms with Crippen LogP contribution in [0.1, 0.15) is 16.2 Å². The van der Waals surface area contributed by atoms with Crippen LogP contribution in [0.25, 0.3) is 5.65 Å². The molecule has 0 atom stereocenters. The summed E-state index contributed by atoms with van der Waals surface area (Å²) in [4.78, 5) is 12.5. The van der Waals surface area contributed by atoms with E-state index in [4.69, 9.17) is 11.6 Å². The van der Waals surface area contributed by atoms with Crippen LogP contribution in [0, 0.1) is 0 Å². The molecule has 2 aromatic heterocycles. The summed E-state index contributed by atoms with van der Waals surface area (Å²) in [5.41, 5.74) is 0.734. The van der Waals surface area contributed by atoms with Gasteiger partial charge in [0.2, 0.25) is 10.0 Å². The van der Waals surface area contributed by atoms with E-state index in [-0.39, 0.29) is 22.0 Å². The van der Waals surface area contributed by atoms with Gasteiger partial charge in [-0.2, -0.15) is 0 Å². The molecule has 0 aliphatic rings. The number of hydrogen-bond donors (Lipinski definition) is 1. The van der Waals surface area contributed by atoms with Gasteiger partial charge >= 0.3 is 0 Å². The molecule has 3 aromatic rings. The van der Waals surface area contributed by atoms with Crippen LogP contribution in [0.3, 0.4) is 0 Å². The molecule has 0 aliphatic carbocycles. The molecular weight excluding hydrogens is 378 g/mol. The summed E-state index contributed by atoms with van der Waals surface area (Å²) >= 11 is 6.07. The summed E-state index contributed by atoms with van der Waals surface area (Å²) in [6, 6.07) is 9.47. The van der Waals surface area contributed by atoms with E-state index in [1.54, 1.807) is 16.7 Å². The van der Waals surface area contributed by atoms with E-state index in [1.807, 2.05) is 12.1 Å². The summed E-state index contributed by atoms with van der Waals surface area (Å²) in [7, 11) is -0.835. The Balaban J connectivity index is 1.84. The first-order valence-corrected chi connectivity index (χ1v) is 9.41. The maximum atomic E-state index is 12.5. The van der Waals surface area contributed by atoms with Crippen molar-refractivity contribution in [1.29, 1.82) is 0 Å². The number of hydrogen-bond acceptors (Lipinski definition) is 5. The molecule has 0 radical (unpaired) electrons. The fourth-order valence-electron chi connectivity index (χ4n) is 2.32. The summed E-state index contributed by atoms with van der Waals surface area (Å²) in [6.07, 6.45) is 1.79. The van der Waals surface area contributed by atoms with Crippen molar-refractivity contribution in [1.82, 2.24) is 24.2 Å².